The second-order valence-corrected chi connectivity index (χ2v) is 7.06. The first-order valence-corrected chi connectivity index (χ1v) is 9.88. The molecule has 0 unspecified atom stereocenters. The molecular weight excluding hydrogens is 449 g/mol. The number of aliphatic carboxylic acids is 1. The van der Waals surface area contributed by atoms with E-state index < -0.39 is 12.1 Å². The van der Waals surface area contributed by atoms with Gasteiger partial charge in [-0.3, -0.25) is 0 Å². The molecule has 0 bridgehead atoms. The Morgan fingerprint density at radius 3 is 2.35 bits per heavy atom. The quantitative estimate of drug-likeness (QED) is 0.347. The second-order valence-electron chi connectivity index (χ2n) is 7.06. The van der Waals surface area contributed by atoms with Gasteiger partial charge in [0.2, 0.25) is 0 Å². The van der Waals surface area contributed by atoms with Crippen molar-refractivity contribution >= 4 is 18.1 Å². The molecule has 34 heavy (non-hydrogen) atoms. The van der Waals surface area contributed by atoms with Crippen molar-refractivity contribution < 1.29 is 27.8 Å². The van der Waals surface area contributed by atoms with Crippen molar-refractivity contribution in [3.8, 4) is 22.9 Å². The molecule has 0 aliphatic carbocycles. The van der Waals surface area contributed by atoms with Crippen molar-refractivity contribution in [3.63, 3.8) is 0 Å². The number of carbonyl (C=O) groups is 1. The molecule has 1 aliphatic heterocycles. The van der Waals surface area contributed by atoms with Crippen LogP contribution in [-0.4, -0.2) is 37.9 Å². The maximum atomic E-state index is 10.6. The summed E-state index contributed by atoms with van der Waals surface area (Å²) in [6, 6.07) is 22.2. The molecule has 4 aromatic rings. The monoisotopic (exact) mass is 465 g/mol. The Hall–Kier alpha value is -4.47. The molecule has 2 heterocycles. The molecule has 3 aromatic carbocycles. The van der Waals surface area contributed by atoms with Gasteiger partial charge in [0.05, 0.1) is 0 Å². The lowest BCUT2D eigenvalue weighted by atomic mass is 9.93. The van der Waals surface area contributed by atoms with Crippen LogP contribution in [-0.2, 0) is 4.79 Å². The third-order valence-electron chi connectivity index (χ3n) is 4.73. The summed E-state index contributed by atoms with van der Waals surface area (Å²) in [5, 5.41) is 21.3. The van der Waals surface area contributed by atoms with E-state index in [0.29, 0.717) is 5.82 Å². The number of nitrogens with one attached hydrogen (secondary N) is 1. The van der Waals surface area contributed by atoms with E-state index in [0.717, 1.165) is 39.3 Å². The number of hydrogen-bond acceptors (Lipinski definition) is 5. The van der Waals surface area contributed by atoms with Crippen LogP contribution in [0, 0.1) is 6.42 Å². The van der Waals surface area contributed by atoms with E-state index in [9.17, 15) is 13.2 Å². The number of alkyl halides is 3. The van der Waals surface area contributed by atoms with E-state index in [1.807, 2.05) is 42.5 Å². The number of para-hydroxylation sites is 1. The molecule has 2 N–H and O–H groups in total. The van der Waals surface area contributed by atoms with Gasteiger partial charge >= 0.3 is 12.1 Å². The van der Waals surface area contributed by atoms with Crippen LogP contribution >= 0.6 is 0 Å². The minimum absolute atomic E-state index is 0.606. The van der Waals surface area contributed by atoms with Crippen LogP contribution in [0.3, 0.4) is 0 Å². The predicted octanol–water partition coefficient (Wildman–Crippen LogP) is 5.38. The molecule has 7 nitrogen and oxygen atoms in total. The number of benzene rings is 3. The molecule has 171 valence electrons. The first-order chi connectivity index (χ1) is 16.3. The molecule has 5 rings (SSSR count). The predicted molar refractivity (Wildman–Crippen MR) is 118 cm³/mol. The first kappa shape index (κ1) is 22.7. The number of nitrogens with zero attached hydrogens (tertiary/aromatic N) is 3. The first-order valence-electron chi connectivity index (χ1n) is 9.88. The van der Waals surface area contributed by atoms with Crippen molar-refractivity contribution in [2.45, 2.75) is 6.18 Å². The molecule has 0 amide bonds. The third kappa shape index (κ3) is 5.29. The van der Waals surface area contributed by atoms with Crippen LogP contribution < -0.4 is 4.74 Å². The number of aromatic nitrogens is 4. The summed E-state index contributed by atoms with van der Waals surface area (Å²) in [5.41, 5.74) is 5.15. The average molecular weight is 465 g/mol. The molecule has 1 aromatic heterocycles. The van der Waals surface area contributed by atoms with Gasteiger partial charge in [-0.05, 0) is 39.8 Å². The zero-order valence-electron chi connectivity index (χ0n) is 17.3. The maximum absolute atomic E-state index is 10.6. The van der Waals surface area contributed by atoms with Crippen LogP contribution in [0.2, 0.25) is 0 Å². The number of ether oxygens (including phenoxy) is 1. The van der Waals surface area contributed by atoms with Crippen LogP contribution in [0.5, 0.6) is 11.5 Å². The zero-order chi connectivity index (χ0) is 24.1. The molecular formula is C24H16F3N4O3. The number of hydrogen-bond donors (Lipinski definition) is 2. The highest BCUT2D eigenvalue weighted by Gasteiger charge is 2.38. The van der Waals surface area contributed by atoms with Gasteiger partial charge in [0.25, 0.3) is 0 Å². The SMILES string of the molecule is O=C(O)C(F)(F)F.[CH]1c2ccccc2Oc2cc(-c3nnn[nH]3)cc(C=Cc3ccccc3)c21. The Morgan fingerprint density at radius 2 is 1.68 bits per heavy atom. The minimum Gasteiger partial charge on any atom is -0.475 e. The lowest BCUT2D eigenvalue weighted by molar-refractivity contribution is -0.192. The Balaban J connectivity index is 0.000000344. The summed E-state index contributed by atoms with van der Waals surface area (Å²) in [7, 11) is 0. The number of rotatable bonds is 3. The standard InChI is InChI=1S/C22H15N4O.C2HF3O2/c1-2-6-15(7-3-1)10-11-16-12-18(22-23-25-26-24-22)14-21-19(16)13-17-8-4-5-9-20(17)27-21;3-2(4,5)1(6)7/h1-14H,(H,23,24,25,26);(H,6,7). The largest absolute Gasteiger partial charge is 0.490 e. The third-order valence-corrected chi connectivity index (χ3v) is 4.73. The minimum atomic E-state index is -5.08. The van der Waals surface area contributed by atoms with Gasteiger partial charge in [-0.15, -0.1) is 5.10 Å². The van der Waals surface area contributed by atoms with E-state index >= 15 is 0 Å². The topological polar surface area (TPSA) is 101 Å². The highest BCUT2D eigenvalue weighted by molar-refractivity contribution is 5.79. The van der Waals surface area contributed by atoms with E-state index in [4.69, 9.17) is 14.6 Å². The van der Waals surface area contributed by atoms with Crippen LogP contribution in [0.1, 0.15) is 22.3 Å². The van der Waals surface area contributed by atoms with Crippen molar-refractivity contribution in [2.24, 2.45) is 0 Å². The number of fused-ring (bicyclic) bond motifs is 2. The summed E-state index contributed by atoms with van der Waals surface area (Å²) in [6.07, 6.45) is 1.25. The van der Waals surface area contributed by atoms with Crippen LogP contribution in [0.4, 0.5) is 13.2 Å². The molecule has 0 saturated carbocycles. The summed E-state index contributed by atoms with van der Waals surface area (Å²) >= 11 is 0. The van der Waals surface area contributed by atoms with Gasteiger partial charge in [0.15, 0.2) is 5.82 Å². The van der Waals surface area contributed by atoms with Crippen molar-refractivity contribution in [3.05, 3.63) is 95.4 Å². The fourth-order valence-corrected chi connectivity index (χ4v) is 3.16. The summed E-state index contributed by atoms with van der Waals surface area (Å²) in [5.74, 6) is -0.520. The van der Waals surface area contributed by atoms with Crippen molar-refractivity contribution in [1.29, 1.82) is 0 Å². The average Bonchev–Trinajstić information content (AvgIpc) is 3.37. The lowest BCUT2D eigenvalue weighted by Gasteiger charge is -2.22. The number of H-pyrrole nitrogens is 1. The van der Waals surface area contributed by atoms with Gasteiger partial charge in [-0.2, -0.15) is 13.2 Å². The molecule has 10 heteroatoms. The Labute approximate surface area is 191 Å². The molecule has 0 spiro atoms. The fraction of sp³-hybridized carbons (Fsp3) is 0.0417. The van der Waals surface area contributed by atoms with E-state index in [2.05, 4.69) is 63.5 Å². The molecule has 0 atom stereocenters. The highest BCUT2D eigenvalue weighted by Crippen LogP contribution is 2.41. The van der Waals surface area contributed by atoms with E-state index in [-0.39, 0.29) is 0 Å². The summed E-state index contributed by atoms with van der Waals surface area (Å²) in [6.45, 7) is 0. The van der Waals surface area contributed by atoms with Crippen molar-refractivity contribution in [1.82, 2.24) is 20.6 Å². The van der Waals surface area contributed by atoms with Gasteiger partial charge in [0, 0.05) is 23.1 Å². The van der Waals surface area contributed by atoms with Gasteiger partial charge < -0.3 is 9.84 Å². The second kappa shape index (κ2) is 9.57. The maximum Gasteiger partial charge on any atom is 0.490 e. The Kier molecular flexibility index (Phi) is 6.39. The van der Waals surface area contributed by atoms with E-state index in [1.54, 1.807) is 0 Å². The summed E-state index contributed by atoms with van der Waals surface area (Å²) < 4.78 is 37.9. The summed E-state index contributed by atoms with van der Waals surface area (Å²) in [4.78, 5) is 8.90. The van der Waals surface area contributed by atoms with Crippen LogP contribution in [0.25, 0.3) is 23.5 Å². The number of aromatic amines is 1. The molecule has 1 aliphatic rings. The Morgan fingerprint density at radius 1 is 0.971 bits per heavy atom. The number of carboxylic acids is 1. The number of halogens is 3. The number of carboxylic acid groups (broad SMARTS) is 1. The van der Waals surface area contributed by atoms with Gasteiger partial charge in [-0.1, -0.05) is 60.7 Å². The molecule has 0 saturated heterocycles. The van der Waals surface area contributed by atoms with Crippen molar-refractivity contribution in [2.75, 3.05) is 0 Å². The number of tetrazole rings is 1. The normalized spacial score (nSPS) is 12.2. The smallest absolute Gasteiger partial charge is 0.475 e. The molecule has 0 fully saturated rings. The highest BCUT2D eigenvalue weighted by atomic mass is 19.4. The van der Waals surface area contributed by atoms with E-state index in [1.165, 1.54) is 0 Å². The van der Waals surface area contributed by atoms with Gasteiger partial charge in [-0.25, -0.2) is 9.89 Å². The zero-order valence-corrected chi connectivity index (χ0v) is 17.3. The Bertz CT molecular complexity index is 1320. The molecule has 1 radical (unpaired) electrons. The lowest BCUT2D eigenvalue weighted by Crippen LogP contribution is -2.21. The van der Waals surface area contributed by atoms with Gasteiger partial charge in [0.1, 0.15) is 11.5 Å². The fourth-order valence-electron chi connectivity index (χ4n) is 3.16. The van der Waals surface area contributed by atoms with Crippen LogP contribution in [0.15, 0.2) is 66.7 Å².